The fourth-order valence-corrected chi connectivity index (χ4v) is 3.39. The molecule has 0 heterocycles. The van der Waals surface area contributed by atoms with Crippen molar-refractivity contribution in [2.24, 2.45) is 0 Å². The van der Waals surface area contributed by atoms with Crippen molar-refractivity contribution in [1.29, 1.82) is 0 Å². The molecule has 6 nitrogen and oxygen atoms in total. The monoisotopic (exact) mass is 348 g/mol. The first-order chi connectivity index (χ1) is 10.3. The SMILES string of the molecule is CCCCNC(=O)[C@H](C)NS(=O)(=O)c1cc(Cl)ccc1OC. The molecule has 0 aliphatic heterocycles. The van der Waals surface area contributed by atoms with E-state index in [1.165, 1.54) is 32.2 Å². The van der Waals surface area contributed by atoms with Crippen LogP contribution in [0.15, 0.2) is 23.1 Å². The van der Waals surface area contributed by atoms with Gasteiger partial charge < -0.3 is 10.1 Å². The molecular formula is C14H21ClN2O4S. The normalized spacial score (nSPS) is 12.7. The molecule has 0 radical (unpaired) electrons. The molecule has 0 fully saturated rings. The molecule has 0 aliphatic carbocycles. The number of ether oxygens (including phenoxy) is 1. The maximum Gasteiger partial charge on any atom is 0.245 e. The Morgan fingerprint density at radius 1 is 1.41 bits per heavy atom. The molecule has 1 rings (SSSR count). The van der Waals surface area contributed by atoms with Crippen LogP contribution in [-0.4, -0.2) is 34.0 Å². The van der Waals surface area contributed by atoms with Gasteiger partial charge >= 0.3 is 0 Å². The number of hydrogen-bond donors (Lipinski definition) is 2. The first-order valence-corrected chi connectivity index (χ1v) is 8.81. The maximum atomic E-state index is 12.4. The van der Waals surface area contributed by atoms with Gasteiger partial charge in [-0.15, -0.1) is 0 Å². The second-order valence-electron chi connectivity index (χ2n) is 4.78. The fourth-order valence-electron chi connectivity index (χ4n) is 1.75. The van der Waals surface area contributed by atoms with Crippen LogP contribution in [0.4, 0.5) is 0 Å². The van der Waals surface area contributed by atoms with Gasteiger partial charge in [0.25, 0.3) is 0 Å². The zero-order valence-electron chi connectivity index (χ0n) is 12.8. The predicted molar refractivity (Wildman–Crippen MR) is 85.7 cm³/mol. The smallest absolute Gasteiger partial charge is 0.245 e. The molecule has 1 atom stereocenters. The van der Waals surface area contributed by atoms with Gasteiger partial charge in [-0.05, 0) is 31.5 Å². The number of carbonyl (C=O) groups is 1. The van der Waals surface area contributed by atoms with E-state index in [2.05, 4.69) is 10.0 Å². The summed E-state index contributed by atoms with van der Waals surface area (Å²) in [6, 6.07) is 3.37. The highest BCUT2D eigenvalue weighted by Gasteiger charge is 2.25. The quantitative estimate of drug-likeness (QED) is 0.703. The van der Waals surface area contributed by atoms with Gasteiger partial charge in [0.2, 0.25) is 15.9 Å². The van der Waals surface area contributed by atoms with Crippen molar-refractivity contribution in [3.63, 3.8) is 0 Å². The fraction of sp³-hybridized carbons (Fsp3) is 0.500. The minimum absolute atomic E-state index is 0.101. The van der Waals surface area contributed by atoms with E-state index in [9.17, 15) is 13.2 Å². The third kappa shape index (κ3) is 5.15. The van der Waals surface area contributed by atoms with Crippen molar-refractivity contribution in [2.45, 2.75) is 37.6 Å². The molecule has 1 amide bonds. The van der Waals surface area contributed by atoms with Crippen LogP contribution in [0.5, 0.6) is 5.75 Å². The van der Waals surface area contributed by atoms with Crippen LogP contribution < -0.4 is 14.8 Å². The number of sulfonamides is 1. The highest BCUT2D eigenvalue weighted by atomic mass is 35.5. The van der Waals surface area contributed by atoms with Crippen molar-refractivity contribution in [3.8, 4) is 5.75 Å². The van der Waals surface area contributed by atoms with Crippen LogP contribution in [0.25, 0.3) is 0 Å². The van der Waals surface area contributed by atoms with Gasteiger partial charge in [0, 0.05) is 11.6 Å². The minimum atomic E-state index is -3.92. The van der Waals surface area contributed by atoms with Gasteiger partial charge in [-0.1, -0.05) is 24.9 Å². The highest BCUT2D eigenvalue weighted by Crippen LogP contribution is 2.26. The van der Waals surface area contributed by atoms with Crippen LogP contribution in [0.1, 0.15) is 26.7 Å². The highest BCUT2D eigenvalue weighted by molar-refractivity contribution is 7.89. The van der Waals surface area contributed by atoms with E-state index in [4.69, 9.17) is 16.3 Å². The average Bonchev–Trinajstić information content (AvgIpc) is 2.46. The standard InChI is InChI=1S/C14H21ClN2O4S/c1-4-5-8-16-14(18)10(2)17-22(19,20)13-9-11(15)6-7-12(13)21-3/h6-7,9-10,17H,4-5,8H2,1-3H3,(H,16,18)/t10-/m0/s1. The van der Waals surface area contributed by atoms with Crippen molar-refractivity contribution in [2.75, 3.05) is 13.7 Å². The molecule has 22 heavy (non-hydrogen) atoms. The number of benzene rings is 1. The zero-order valence-corrected chi connectivity index (χ0v) is 14.4. The second kappa shape index (κ2) is 8.36. The number of unbranched alkanes of at least 4 members (excludes halogenated alkanes) is 1. The van der Waals surface area contributed by atoms with Crippen LogP contribution in [0.2, 0.25) is 5.02 Å². The van der Waals surface area contributed by atoms with E-state index in [1.54, 1.807) is 0 Å². The molecule has 1 aromatic carbocycles. The molecule has 0 bridgehead atoms. The van der Waals surface area contributed by atoms with Gasteiger partial charge in [-0.25, -0.2) is 8.42 Å². The van der Waals surface area contributed by atoms with E-state index in [-0.39, 0.29) is 21.6 Å². The average molecular weight is 349 g/mol. The van der Waals surface area contributed by atoms with Gasteiger partial charge in [0.1, 0.15) is 10.6 Å². The number of amides is 1. The number of halogens is 1. The number of hydrogen-bond acceptors (Lipinski definition) is 4. The number of rotatable bonds is 8. The molecule has 1 aromatic rings. The Morgan fingerprint density at radius 3 is 2.68 bits per heavy atom. The van der Waals surface area contributed by atoms with E-state index in [0.29, 0.717) is 6.54 Å². The molecule has 0 saturated heterocycles. The van der Waals surface area contributed by atoms with Crippen molar-refractivity contribution in [1.82, 2.24) is 10.0 Å². The lowest BCUT2D eigenvalue weighted by molar-refractivity contribution is -0.122. The summed E-state index contributed by atoms with van der Waals surface area (Å²) >= 11 is 5.84. The van der Waals surface area contributed by atoms with Crippen LogP contribution in [0, 0.1) is 0 Å². The molecule has 2 N–H and O–H groups in total. The summed E-state index contributed by atoms with van der Waals surface area (Å²) in [5.74, 6) is -0.214. The molecule has 0 aromatic heterocycles. The molecule has 0 unspecified atom stereocenters. The summed E-state index contributed by atoms with van der Waals surface area (Å²) in [5, 5.41) is 2.94. The second-order valence-corrected chi connectivity index (χ2v) is 6.90. The van der Waals surface area contributed by atoms with Crippen LogP contribution in [-0.2, 0) is 14.8 Å². The van der Waals surface area contributed by atoms with Gasteiger partial charge in [-0.2, -0.15) is 4.72 Å². The Bertz CT molecular complexity index is 619. The lowest BCUT2D eigenvalue weighted by Crippen LogP contribution is -2.45. The number of carbonyl (C=O) groups excluding carboxylic acids is 1. The molecule has 0 spiro atoms. The summed E-state index contributed by atoms with van der Waals surface area (Å²) in [6.07, 6.45) is 1.79. The van der Waals surface area contributed by atoms with Gasteiger partial charge in [-0.3, -0.25) is 4.79 Å². The minimum Gasteiger partial charge on any atom is -0.495 e. The molecule has 0 saturated carbocycles. The van der Waals surface area contributed by atoms with Crippen LogP contribution >= 0.6 is 11.6 Å². The van der Waals surface area contributed by atoms with E-state index < -0.39 is 16.1 Å². The lowest BCUT2D eigenvalue weighted by Gasteiger charge is -2.16. The van der Waals surface area contributed by atoms with E-state index >= 15 is 0 Å². The Kier molecular flexibility index (Phi) is 7.12. The predicted octanol–water partition coefficient (Wildman–Crippen LogP) is 1.93. The van der Waals surface area contributed by atoms with Crippen molar-refractivity contribution in [3.05, 3.63) is 23.2 Å². The molecular weight excluding hydrogens is 328 g/mol. The maximum absolute atomic E-state index is 12.4. The molecule has 124 valence electrons. The summed E-state index contributed by atoms with van der Waals surface area (Å²) in [4.78, 5) is 11.8. The Morgan fingerprint density at radius 2 is 2.09 bits per heavy atom. The summed E-state index contributed by atoms with van der Waals surface area (Å²) in [7, 11) is -2.56. The number of methoxy groups -OCH3 is 1. The van der Waals surface area contributed by atoms with Crippen molar-refractivity contribution >= 4 is 27.5 Å². The first kappa shape index (κ1) is 18.7. The number of nitrogens with one attached hydrogen (secondary N) is 2. The molecule has 0 aliphatic rings. The third-order valence-electron chi connectivity index (χ3n) is 2.97. The van der Waals surface area contributed by atoms with Crippen LogP contribution in [0.3, 0.4) is 0 Å². The van der Waals surface area contributed by atoms with E-state index in [1.807, 2.05) is 6.92 Å². The van der Waals surface area contributed by atoms with Gasteiger partial charge in [0.15, 0.2) is 0 Å². The molecule has 8 heteroatoms. The summed E-state index contributed by atoms with van der Waals surface area (Å²) < 4.78 is 32.1. The Hall–Kier alpha value is -1.31. The zero-order chi connectivity index (χ0) is 16.8. The largest absolute Gasteiger partial charge is 0.495 e. The third-order valence-corrected chi connectivity index (χ3v) is 4.77. The Labute approximate surface area is 136 Å². The Balaban J connectivity index is 2.87. The van der Waals surface area contributed by atoms with Gasteiger partial charge in [0.05, 0.1) is 13.2 Å². The first-order valence-electron chi connectivity index (χ1n) is 6.95. The van der Waals surface area contributed by atoms with Crippen molar-refractivity contribution < 1.29 is 17.9 Å². The lowest BCUT2D eigenvalue weighted by atomic mass is 10.3. The topological polar surface area (TPSA) is 84.5 Å². The van der Waals surface area contributed by atoms with E-state index in [0.717, 1.165) is 12.8 Å². The summed E-state index contributed by atoms with van der Waals surface area (Å²) in [5.41, 5.74) is 0. The summed E-state index contributed by atoms with van der Waals surface area (Å²) in [6.45, 7) is 4.00.